The number of allylic oxidation sites excluding steroid dienone is 2. The number of unbranched alkanes of at least 4 members (excludes halogenated alkanes) is 1. The SMILES string of the molecule is CCCC[SiH]=[Hf]([CH3])([CH3])([CH]1C(C)=Cc2c(C)c3c(c(C)c21)CCC3)[CH]1C(C)=Cc2c(C)c3c(c(C)c21)CCC3. The Morgan fingerprint density at radius 2 is 1.05 bits per heavy atom. The fourth-order valence-corrected chi connectivity index (χ4v) is 57.8. The van der Waals surface area contributed by atoms with Gasteiger partial charge in [0, 0.05) is 0 Å². The van der Waals surface area contributed by atoms with Gasteiger partial charge in [0.25, 0.3) is 0 Å². The second kappa shape index (κ2) is 9.27. The van der Waals surface area contributed by atoms with E-state index in [1.807, 2.05) is 11.1 Å². The van der Waals surface area contributed by atoms with E-state index < -0.39 is 17.1 Å². The molecule has 0 amide bonds. The zero-order valence-corrected chi connectivity index (χ0v) is 30.5. The van der Waals surface area contributed by atoms with Gasteiger partial charge >= 0.3 is 236 Å². The maximum atomic E-state index is 2.97. The summed E-state index contributed by atoms with van der Waals surface area (Å²) >= 11 is -3.69. The first-order valence-corrected chi connectivity index (χ1v) is 34.7. The van der Waals surface area contributed by atoms with Crippen LogP contribution in [0, 0.1) is 27.7 Å². The summed E-state index contributed by atoms with van der Waals surface area (Å²) < 4.78 is 7.37. The van der Waals surface area contributed by atoms with E-state index in [1.165, 1.54) is 57.4 Å². The van der Waals surface area contributed by atoms with E-state index in [0.29, 0.717) is 13.6 Å². The summed E-state index contributed by atoms with van der Waals surface area (Å²) in [5.41, 5.74) is 23.9. The molecule has 6 rings (SSSR count). The van der Waals surface area contributed by atoms with Gasteiger partial charge in [-0.1, -0.05) is 0 Å². The molecule has 4 aliphatic carbocycles. The molecule has 0 nitrogen and oxygen atoms in total. The van der Waals surface area contributed by atoms with Crippen molar-refractivity contribution in [3.05, 3.63) is 77.9 Å². The minimum absolute atomic E-state index is 0.460. The van der Waals surface area contributed by atoms with E-state index in [1.54, 1.807) is 66.8 Å². The Bertz CT molecular complexity index is 1420. The van der Waals surface area contributed by atoms with Gasteiger partial charge in [0.15, 0.2) is 0 Å². The molecule has 0 spiro atoms. The Morgan fingerprint density at radius 1 is 0.658 bits per heavy atom. The van der Waals surface area contributed by atoms with Crippen molar-refractivity contribution in [2.24, 2.45) is 0 Å². The molecule has 0 aromatic heterocycles. The number of hydrogen-bond acceptors (Lipinski definition) is 0. The molecule has 0 saturated carbocycles. The zero-order chi connectivity index (χ0) is 27.2. The number of benzene rings is 2. The van der Waals surface area contributed by atoms with Crippen LogP contribution >= 0.6 is 0 Å². The van der Waals surface area contributed by atoms with Crippen LogP contribution in [-0.2, 0) is 42.8 Å². The van der Waals surface area contributed by atoms with Crippen LogP contribution in [0.3, 0.4) is 0 Å². The monoisotopic (exact) mass is 690 g/mol. The van der Waals surface area contributed by atoms with Crippen molar-refractivity contribution in [3.8, 4) is 0 Å². The Hall–Kier alpha value is -0.993. The van der Waals surface area contributed by atoms with E-state index in [0.717, 1.165) is 0 Å². The number of rotatable bonds is 5. The molecule has 0 N–H and O–H groups in total. The molecule has 2 unspecified atom stereocenters. The molecule has 0 fully saturated rings. The van der Waals surface area contributed by atoms with Gasteiger partial charge < -0.3 is 0 Å². The van der Waals surface area contributed by atoms with Crippen molar-refractivity contribution in [2.45, 2.75) is 123 Å². The van der Waals surface area contributed by atoms with Gasteiger partial charge in [-0.25, -0.2) is 0 Å². The van der Waals surface area contributed by atoms with Crippen LogP contribution in [0.5, 0.6) is 0 Å². The van der Waals surface area contributed by atoms with Crippen LogP contribution in [0.4, 0.5) is 0 Å². The molecule has 0 radical (unpaired) electrons. The van der Waals surface area contributed by atoms with Gasteiger partial charge in [0.1, 0.15) is 0 Å². The Kier molecular flexibility index (Phi) is 6.63. The van der Waals surface area contributed by atoms with Crippen LogP contribution in [0.15, 0.2) is 11.1 Å². The van der Waals surface area contributed by atoms with E-state index in [4.69, 9.17) is 0 Å². The predicted octanol–water partition coefficient (Wildman–Crippen LogP) is 9.87. The molecule has 0 bridgehead atoms. The Balaban J connectivity index is 1.66. The summed E-state index contributed by atoms with van der Waals surface area (Å²) in [7, 11) is 0. The van der Waals surface area contributed by atoms with Crippen LogP contribution in [-0.4, -0.2) is 6.22 Å². The van der Waals surface area contributed by atoms with Crippen molar-refractivity contribution >= 4 is 18.4 Å². The molecule has 2 aromatic carbocycles. The van der Waals surface area contributed by atoms with Gasteiger partial charge in [0.2, 0.25) is 0 Å². The molecule has 0 saturated heterocycles. The van der Waals surface area contributed by atoms with Crippen LogP contribution in [0.25, 0.3) is 12.2 Å². The minimum atomic E-state index is -3.69. The average molecular weight is 689 g/mol. The zero-order valence-electron chi connectivity index (χ0n) is 25.8. The van der Waals surface area contributed by atoms with Crippen molar-refractivity contribution in [2.75, 3.05) is 0 Å². The van der Waals surface area contributed by atoms with Crippen molar-refractivity contribution in [1.82, 2.24) is 0 Å². The Labute approximate surface area is 234 Å². The number of fused-ring (bicyclic) bond motifs is 4. The summed E-state index contributed by atoms with van der Waals surface area (Å²) in [6, 6.07) is 1.49. The summed E-state index contributed by atoms with van der Waals surface area (Å²) in [4.78, 5) is 0. The first kappa shape index (κ1) is 27.2. The van der Waals surface area contributed by atoms with Crippen molar-refractivity contribution in [3.63, 3.8) is 0 Å². The average Bonchev–Trinajstić information content (AvgIpc) is 3.65. The third kappa shape index (κ3) is 3.60. The molecule has 202 valence electrons. The predicted molar refractivity (Wildman–Crippen MR) is 167 cm³/mol. The topological polar surface area (TPSA) is 0 Å². The first-order chi connectivity index (χ1) is 18.0. The molecule has 0 aliphatic heterocycles. The van der Waals surface area contributed by atoms with E-state index >= 15 is 0 Å². The summed E-state index contributed by atoms with van der Waals surface area (Å²) in [6.07, 6.45) is 16.5. The third-order valence-electron chi connectivity index (χ3n) is 11.8. The second-order valence-electron chi connectivity index (χ2n) is 14.5. The quantitative estimate of drug-likeness (QED) is 0.217. The van der Waals surface area contributed by atoms with Gasteiger partial charge in [-0.15, -0.1) is 0 Å². The van der Waals surface area contributed by atoms with Crippen molar-refractivity contribution in [1.29, 1.82) is 0 Å². The normalized spacial score (nSPS) is 21.7. The van der Waals surface area contributed by atoms with Gasteiger partial charge in [-0.3, -0.25) is 0 Å². The third-order valence-corrected chi connectivity index (χ3v) is 54.7. The fourth-order valence-electron chi connectivity index (χ4n) is 10.3. The molecule has 4 aliphatic rings. The summed E-state index contributed by atoms with van der Waals surface area (Å²) in [6.45, 7) is 17.4. The van der Waals surface area contributed by atoms with Gasteiger partial charge in [-0.05, 0) is 0 Å². The molecule has 2 aromatic rings. The Morgan fingerprint density at radius 3 is 1.45 bits per heavy atom. The molecule has 2 atom stereocenters. The fraction of sp³-hybridized carbons (Fsp3) is 0.556. The standard InChI is InChI=1S/2C15H17.C4H10Si.2CH3.Hf/c2*1-9-7-14-10(2)12-5-4-6-13(12)11(3)15(14)8-9;1-2-3-4-5;;;/h2*7-8H,4-6H2,1-3H3;5H,2-4H2,1H3;2*1H3;. The second-order valence-corrected chi connectivity index (χ2v) is 58.6. The van der Waals surface area contributed by atoms with E-state index in [9.17, 15) is 0 Å². The summed E-state index contributed by atoms with van der Waals surface area (Å²) in [5, 5.41) is 0. The van der Waals surface area contributed by atoms with Gasteiger partial charge in [0.05, 0.1) is 0 Å². The molecule has 0 heterocycles. The number of hydrogen-bond donors (Lipinski definition) is 0. The van der Waals surface area contributed by atoms with E-state index in [-0.39, 0.29) is 0 Å². The van der Waals surface area contributed by atoms with Crippen LogP contribution in [0.2, 0.25) is 15.4 Å². The maximum absolute atomic E-state index is 3.69. The summed E-state index contributed by atoms with van der Waals surface area (Å²) in [5.74, 6) is 0. The molecule has 38 heavy (non-hydrogen) atoms. The molecular weight excluding hydrogens is 639 g/mol. The van der Waals surface area contributed by atoms with Crippen LogP contribution in [0.1, 0.15) is 121 Å². The van der Waals surface area contributed by atoms with Gasteiger partial charge in [-0.2, -0.15) is 0 Å². The molecule has 2 heteroatoms. The van der Waals surface area contributed by atoms with Crippen molar-refractivity contribution < 1.29 is 17.1 Å². The van der Waals surface area contributed by atoms with Crippen LogP contribution < -0.4 is 0 Å². The molecular formula is C36H50HfSi. The van der Waals surface area contributed by atoms with E-state index in [2.05, 4.69) is 70.0 Å². The first-order valence-electron chi connectivity index (χ1n) is 15.7.